The van der Waals surface area contributed by atoms with Crippen LogP contribution >= 0.6 is 0 Å². The van der Waals surface area contributed by atoms with Crippen LogP contribution in [0.1, 0.15) is 65.8 Å². The van der Waals surface area contributed by atoms with Gasteiger partial charge < -0.3 is 4.90 Å². The minimum absolute atomic E-state index is 0.246. The molecule has 0 aromatic heterocycles. The van der Waals surface area contributed by atoms with E-state index in [-0.39, 0.29) is 5.41 Å². The average Bonchev–Trinajstić information content (AvgIpc) is 3.59. The molecular weight excluding hydrogens is 542 g/mol. The predicted octanol–water partition coefficient (Wildman–Crippen LogP) is 11.4. The lowest BCUT2D eigenvalue weighted by Gasteiger charge is -2.39. The second kappa shape index (κ2) is 10.3. The minimum Gasteiger partial charge on any atom is -0.313 e. The Morgan fingerprint density at radius 3 is 2.47 bits per heavy atom. The number of benzene rings is 4. The van der Waals surface area contributed by atoms with E-state index in [2.05, 4.69) is 151 Å². The van der Waals surface area contributed by atoms with Gasteiger partial charge in [0.15, 0.2) is 0 Å². The van der Waals surface area contributed by atoms with E-state index < -0.39 is 0 Å². The summed E-state index contributed by atoms with van der Waals surface area (Å²) < 4.78 is 0. The highest BCUT2D eigenvalue weighted by Crippen LogP contribution is 2.60. The third-order valence-electron chi connectivity index (χ3n) is 10.7. The van der Waals surface area contributed by atoms with E-state index in [1.807, 2.05) is 0 Å². The fourth-order valence-electron chi connectivity index (χ4n) is 8.77. The quantitative estimate of drug-likeness (QED) is 0.232. The van der Waals surface area contributed by atoms with Crippen LogP contribution in [0.15, 0.2) is 156 Å². The second-order valence-electron chi connectivity index (χ2n) is 13.1. The molecule has 4 aromatic carbocycles. The molecule has 0 amide bonds. The van der Waals surface area contributed by atoms with Gasteiger partial charge in [0.2, 0.25) is 0 Å². The first-order chi connectivity index (χ1) is 22.2. The highest BCUT2D eigenvalue weighted by Gasteiger charge is 2.49. The van der Waals surface area contributed by atoms with Crippen LogP contribution in [0.25, 0.3) is 16.7 Å². The van der Waals surface area contributed by atoms with E-state index >= 15 is 0 Å². The molecule has 2 atom stereocenters. The Hall–Kier alpha value is -4.88. The molecule has 1 heteroatoms. The van der Waals surface area contributed by atoms with E-state index in [9.17, 15) is 0 Å². The fraction of sp³-hybridized carbons (Fsp3) is 0.182. The number of anilines is 2. The molecule has 218 valence electrons. The van der Waals surface area contributed by atoms with E-state index in [1.54, 1.807) is 5.57 Å². The zero-order chi connectivity index (χ0) is 30.0. The summed E-state index contributed by atoms with van der Waals surface area (Å²) in [4.78, 5) is 2.57. The highest BCUT2D eigenvalue weighted by molar-refractivity contribution is 5.93. The zero-order valence-corrected chi connectivity index (χ0v) is 25.8. The van der Waals surface area contributed by atoms with Gasteiger partial charge in [0.1, 0.15) is 0 Å². The first-order valence-electron chi connectivity index (χ1n) is 16.6. The van der Waals surface area contributed by atoms with Crippen molar-refractivity contribution < 1.29 is 0 Å². The van der Waals surface area contributed by atoms with Crippen LogP contribution in [0.5, 0.6) is 0 Å². The summed E-state index contributed by atoms with van der Waals surface area (Å²) in [5.74, 6) is 0.379. The van der Waals surface area contributed by atoms with E-state index in [1.165, 1.54) is 67.2 Å². The van der Waals surface area contributed by atoms with Gasteiger partial charge in [-0.1, -0.05) is 126 Å². The van der Waals surface area contributed by atoms with Crippen LogP contribution < -0.4 is 4.90 Å². The van der Waals surface area contributed by atoms with Gasteiger partial charge in [0.05, 0.1) is 11.1 Å². The molecule has 0 saturated carbocycles. The highest BCUT2D eigenvalue weighted by atomic mass is 15.2. The normalized spacial score (nSPS) is 22.5. The van der Waals surface area contributed by atoms with Crippen LogP contribution in [0.3, 0.4) is 0 Å². The molecule has 1 heterocycles. The minimum atomic E-state index is -0.246. The summed E-state index contributed by atoms with van der Waals surface area (Å²) in [5, 5.41) is 0. The van der Waals surface area contributed by atoms with Gasteiger partial charge in [0.25, 0.3) is 0 Å². The van der Waals surface area contributed by atoms with Gasteiger partial charge in [0, 0.05) is 17.3 Å². The first kappa shape index (κ1) is 26.5. The maximum atomic E-state index is 2.57. The summed E-state index contributed by atoms with van der Waals surface area (Å²) in [5.41, 5.74) is 17.7. The van der Waals surface area contributed by atoms with Crippen molar-refractivity contribution in [2.45, 2.75) is 50.4 Å². The van der Waals surface area contributed by atoms with Gasteiger partial charge in [-0.05, 0) is 108 Å². The lowest BCUT2D eigenvalue weighted by Crippen LogP contribution is -2.32. The zero-order valence-electron chi connectivity index (χ0n) is 25.8. The molecule has 4 aromatic rings. The summed E-state index contributed by atoms with van der Waals surface area (Å²) in [6, 6.07) is 34.7. The Balaban J connectivity index is 1.28. The molecule has 9 rings (SSSR count). The molecule has 45 heavy (non-hydrogen) atoms. The molecule has 5 aliphatic rings. The molecule has 0 fully saturated rings. The van der Waals surface area contributed by atoms with Crippen molar-refractivity contribution in [1.29, 1.82) is 0 Å². The van der Waals surface area contributed by atoms with Gasteiger partial charge in [-0.2, -0.15) is 0 Å². The van der Waals surface area contributed by atoms with Crippen molar-refractivity contribution >= 4 is 16.9 Å². The molecule has 0 saturated heterocycles. The average molecular weight is 580 g/mol. The summed E-state index contributed by atoms with van der Waals surface area (Å²) in [6.07, 6.45) is 24.1. The molecule has 1 nitrogen and oxygen atoms in total. The molecule has 0 radical (unpaired) electrons. The van der Waals surface area contributed by atoms with E-state index in [4.69, 9.17) is 0 Å². The SMILES string of the molecule is Cc1cccc(-c2ccc3c(c2)N(c2ccc4c(c2)C(C2=CC=CCC2)(c2ccccc2)C2=C4C=CCC2)C2=CC=CCC23)c1. The van der Waals surface area contributed by atoms with Crippen molar-refractivity contribution in [3.8, 4) is 11.1 Å². The largest absolute Gasteiger partial charge is 0.313 e. The van der Waals surface area contributed by atoms with Crippen LogP contribution in [-0.2, 0) is 5.41 Å². The number of hydrogen-bond acceptors (Lipinski definition) is 1. The molecule has 4 aliphatic carbocycles. The topological polar surface area (TPSA) is 3.24 Å². The van der Waals surface area contributed by atoms with Crippen LogP contribution in [0.4, 0.5) is 11.4 Å². The number of fused-ring (bicyclic) bond motifs is 5. The Morgan fingerprint density at radius 2 is 1.60 bits per heavy atom. The Labute approximate surface area is 266 Å². The van der Waals surface area contributed by atoms with Crippen molar-refractivity contribution in [1.82, 2.24) is 0 Å². The maximum Gasteiger partial charge on any atom is 0.0640 e. The summed E-state index contributed by atoms with van der Waals surface area (Å²) in [7, 11) is 0. The van der Waals surface area contributed by atoms with Gasteiger partial charge >= 0.3 is 0 Å². The van der Waals surface area contributed by atoms with E-state index in [0.717, 1.165) is 32.1 Å². The molecular formula is C44H37N. The lowest BCUT2D eigenvalue weighted by atomic mass is 9.63. The number of rotatable bonds is 4. The van der Waals surface area contributed by atoms with Crippen LogP contribution in [0.2, 0.25) is 0 Å². The van der Waals surface area contributed by atoms with Gasteiger partial charge in [-0.15, -0.1) is 0 Å². The molecule has 0 N–H and O–H groups in total. The monoisotopic (exact) mass is 579 g/mol. The van der Waals surface area contributed by atoms with Crippen molar-refractivity contribution in [3.05, 3.63) is 184 Å². The van der Waals surface area contributed by atoms with Gasteiger partial charge in [-0.3, -0.25) is 0 Å². The summed E-state index contributed by atoms with van der Waals surface area (Å²) in [6.45, 7) is 2.18. The Bertz CT molecular complexity index is 2050. The van der Waals surface area contributed by atoms with Crippen molar-refractivity contribution in [2.24, 2.45) is 0 Å². The Morgan fingerprint density at radius 1 is 0.733 bits per heavy atom. The number of hydrogen-bond donors (Lipinski definition) is 0. The number of aryl methyl sites for hydroxylation is 1. The first-order valence-corrected chi connectivity index (χ1v) is 16.6. The van der Waals surface area contributed by atoms with Gasteiger partial charge in [-0.25, -0.2) is 0 Å². The van der Waals surface area contributed by atoms with Crippen LogP contribution in [0, 0.1) is 6.92 Å². The third kappa shape index (κ3) is 3.93. The molecule has 2 unspecified atom stereocenters. The second-order valence-corrected chi connectivity index (χ2v) is 13.1. The molecule has 0 bridgehead atoms. The maximum absolute atomic E-state index is 2.57. The molecule has 1 aliphatic heterocycles. The summed E-state index contributed by atoms with van der Waals surface area (Å²) >= 11 is 0. The third-order valence-corrected chi connectivity index (χ3v) is 10.7. The predicted molar refractivity (Wildman–Crippen MR) is 189 cm³/mol. The number of allylic oxidation sites excluding steroid dienone is 12. The van der Waals surface area contributed by atoms with Crippen molar-refractivity contribution in [2.75, 3.05) is 4.90 Å². The van der Waals surface area contributed by atoms with Crippen LogP contribution in [-0.4, -0.2) is 0 Å². The molecule has 0 spiro atoms. The standard InChI is InChI=1S/C44H37N/c1-30-13-12-14-31(27-30)32-23-25-39-38-20-9-11-22-42(38)45(43(39)28-32)35-24-26-37-36-19-8-10-21-40(36)44(41(37)29-35,33-15-4-2-5-16-33)34-17-6-3-7-18-34/h2-6,8-9,11-17,19,22-29,38H,7,10,18,20-21H2,1H3. The Kier molecular flexibility index (Phi) is 6.10. The fourth-order valence-corrected chi connectivity index (χ4v) is 8.77. The number of nitrogens with zero attached hydrogens (tertiary/aromatic N) is 1. The lowest BCUT2D eigenvalue weighted by molar-refractivity contribution is 0.644. The van der Waals surface area contributed by atoms with E-state index in [0.29, 0.717) is 5.92 Å². The van der Waals surface area contributed by atoms with Crippen molar-refractivity contribution in [3.63, 3.8) is 0 Å². The smallest absolute Gasteiger partial charge is 0.0640 e.